The van der Waals surface area contributed by atoms with Crippen molar-refractivity contribution in [3.8, 4) is 0 Å². The zero-order chi connectivity index (χ0) is 17.6. The molecule has 0 bridgehead atoms. The predicted octanol–water partition coefficient (Wildman–Crippen LogP) is 2.75. The number of hydrogen-bond donors (Lipinski definition) is 2. The molecule has 132 valence electrons. The number of nitrogens with zero attached hydrogens (tertiary/aromatic N) is 1. The minimum atomic E-state index is -0.703. The van der Waals surface area contributed by atoms with Crippen LogP contribution in [0.4, 0.5) is 4.39 Å². The van der Waals surface area contributed by atoms with E-state index in [2.05, 4.69) is 10.2 Å². The second kappa shape index (κ2) is 8.23. The molecule has 1 fully saturated rings. The quantitative estimate of drug-likeness (QED) is 0.878. The maximum atomic E-state index is 13.3. The number of rotatable bonds is 5. The summed E-state index contributed by atoms with van der Waals surface area (Å²) in [6.07, 6.45) is 0.981. The van der Waals surface area contributed by atoms with Crippen molar-refractivity contribution in [3.63, 3.8) is 0 Å². The molecule has 2 aromatic carbocycles. The average molecular weight is 342 g/mol. The van der Waals surface area contributed by atoms with Gasteiger partial charge < -0.3 is 15.3 Å². The van der Waals surface area contributed by atoms with Crippen molar-refractivity contribution in [2.75, 3.05) is 19.6 Å². The molecule has 0 spiro atoms. The van der Waals surface area contributed by atoms with Gasteiger partial charge in [-0.1, -0.05) is 30.3 Å². The largest absolute Gasteiger partial charge is 0.387 e. The van der Waals surface area contributed by atoms with Crippen LogP contribution in [0.1, 0.15) is 34.9 Å². The van der Waals surface area contributed by atoms with Crippen molar-refractivity contribution in [3.05, 3.63) is 71.5 Å². The molecule has 2 N–H and O–H groups in total. The first-order valence-corrected chi connectivity index (χ1v) is 8.63. The maximum Gasteiger partial charge on any atom is 0.251 e. The highest BCUT2D eigenvalue weighted by atomic mass is 19.1. The summed E-state index contributed by atoms with van der Waals surface area (Å²) in [6.45, 7) is 2.07. The maximum absolute atomic E-state index is 13.3. The fourth-order valence-electron chi connectivity index (χ4n) is 3.18. The molecule has 1 amide bonds. The summed E-state index contributed by atoms with van der Waals surface area (Å²) in [5.74, 6) is -0.377. The van der Waals surface area contributed by atoms with Crippen LogP contribution in [-0.4, -0.2) is 41.6 Å². The van der Waals surface area contributed by atoms with Gasteiger partial charge in [-0.3, -0.25) is 4.79 Å². The van der Waals surface area contributed by atoms with E-state index in [1.807, 2.05) is 18.2 Å². The van der Waals surface area contributed by atoms with Gasteiger partial charge in [0.2, 0.25) is 0 Å². The van der Waals surface area contributed by atoms with E-state index in [4.69, 9.17) is 0 Å². The first kappa shape index (κ1) is 17.6. The normalized spacial score (nSPS) is 17.2. The van der Waals surface area contributed by atoms with Gasteiger partial charge >= 0.3 is 0 Å². The fraction of sp³-hybridized carbons (Fsp3) is 0.350. The van der Waals surface area contributed by atoms with Crippen molar-refractivity contribution in [2.24, 2.45) is 0 Å². The molecule has 0 saturated carbocycles. The minimum absolute atomic E-state index is 0.0427. The van der Waals surface area contributed by atoms with Crippen LogP contribution in [-0.2, 0) is 0 Å². The van der Waals surface area contributed by atoms with Gasteiger partial charge in [0.15, 0.2) is 0 Å². The van der Waals surface area contributed by atoms with E-state index in [0.717, 1.165) is 25.9 Å². The Bertz CT molecular complexity index is 700. The lowest BCUT2D eigenvalue weighted by Gasteiger charge is -2.33. The smallest absolute Gasteiger partial charge is 0.251 e. The number of amides is 1. The third-order valence-corrected chi connectivity index (χ3v) is 4.62. The summed E-state index contributed by atoms with van der Waals surface area (Å²) < 4.78 is 13.3. The highest BCUT2D eigenvalue weighted by Gasteiger charge is 2.23. The number of β-amino-alcohol motifs (C(OH)–C–C–N with tert-alkyl or cyclic N) is 1. The molecule has 3 rings (SSSR count). The summed E-state index contributed by atoms with van der Waals surface area (Å²) in [6, 6.07) is 15.4. The third-order valence-electron chi connectivity index (χ3n) is 4.62. The standard InChI is InChI=1S/C20H23FN2O2/c21-17-8-4-7-16(13-17)19(24)14-23-11-9-18(10-12-23)22-20(25)15-5-2-1-3-6-15/h1-8,13,18-19,24H,9-12,14H2,(H,22,25). The lowest BCUT2D eigenvalue weighted by molar-refractivity contribution is 0.0827. The number of benzene rings is 2. The van der Waals surface area contributed by atoms with E-state index in [1.165, 1.54) is 12.1 Å². The van der Waals surface area contributed by atoms with Crippen LogP contribution in [0.5, 0.6) is 0 Å². The summed E-state index contributed by atoms with van der Waals surface area (Å²) in [4.78, 5) is 14.3. The first-order chi connectivity index (χ1) is 12.1. The van der Waals surface area contributed by atoms with Gasteiger partial charge in [-0.15, -0.1) is 0 Å². The van der Waals surface area contributed by atoms with Crippen LogP contribution < -0.4 is 5.32 Å². The molecule has 1 aliphatic rings. The van der Waals surface area contributed by atoms with Gasteiger partial charge in [0.1, 0.15) is 5.82 Å². The third kappa shape index (κ3) is 4.87. The number of nitrogens with one attached hydrogen (secondary N) is 1. The molecule has 0 aliphatic carbocycles. The zero-order valence-corrected chi connectivity index (χ0v) is 14.1. The summed E-state index contributed by atoms with van der Waals surface area (Å²) >= 11 is 0. The lowest BCUT2D eigenvalue weighted by atomic mass is 10.0. The molecular formula is C20H23FN2O2. The van der Waals surface area contributed by atoms with Crippen molar-refractivity contribution in [1.29, 1.82) is 0 Å². The molecule has 1 unspecified atom stereocenters. The van der Waals surface area contributed by atoms with Gasteiger partial charge in [0, 0.05) is 31.2 Å². The van der Waals surface area contributed by atoms with Gasteiger partial charge in [-0.25, -0.2) is 4.39 Å². The highest BCUT2D eigenvalue weighted by molar-refractivity contribution is 5.94. The lowest BCUT2D eigenvalue weighted by Crippen LogP contribution is -2.45. The van der Waals surface area contributed by atoms with Crippen molar-refractivity contribution >= 4 is 5.91 Å². The Morgan fingerprint density at radius 3 is 2.56 bits per heavy atom. The zero-order valence-electron chi connectivity index (χ0n) is 14.1. The fourth-order valence-corrected chi connectivity index (χ4v) is 3.18. The predicted molar refractivity (Wildman–Crippen MR) is 94.7 cm³/mol. The topological polar surface area (TPSA) is 52.6 Å². The molecule has 5 heteroatoms. The van der Waals surface area contributed by atoms with Crippen molar-refractivity contribution in [2.45, 2.75) is 25.0 Å². The molecule has 1 saturated heterocycles. The Morgan fingerprint density at radius 2 is 1.88 bits per heavy atom. The number of carbonyl (C=O) groups excluding carboxylic acids is 1. The first-order valence-electron chi connectivity index (χ1n) is 8.63. The van der Waals surface area contributed by atoms with Gasteiger partial charge in [-0.05, 0) is 42.7 Å². The monoisotopic (exact) mass is 342 g/mol. The molecule has 2 aromatic rings. The Balaban J connectivity index is 1.46. The number of aliphatic hydroxyl groups is 1. The van der Waals surface area contributed by atoms with Gasteiger partial charge in [0.25, 0.3) is 5.91 Å². The molecule has 25 heavy (non-hydrogen) atoms. The molecular weight excluding hydrogens is 319 g/mol. The molecule has 4 nitrogen and oxygen atoms in total. The van der Waals surface area contributed by atoms with Crippen LogP contribution in [0, 0.1) is 5.82 Å². The molecule has 0 aromatic heterocycles. The average Bonchev–Trinajstić information content (AvgIpc) is 2.64. The van der Waals surface area contributed by atoms with E-state index in [1.54, 1.807) is 24.3 Å². The number of halogens is 1. The van der Waals surface area contributed by atoms with Crippen LogP contribution in [0.3, 0.4) is 0 Å². The highest BCUT2D eigenvalue weighted by Crippen LogP contribution is 2.18. The van der Waals surface area contributed by atoms with E-state index in [-0.39, 0.29) is 17.8 Å². The van der Waals surface area contributed by atoms with Crippen molar-refractivity contribution < 1.29 is 14.3 Å². The van der Waals surface area contributed by atoms with Crippen molar-refractivity contribution in [1.82, 2.24) is 10.2 Å². The molecule has 1 heterocycles. The van der Waals surface area contributed by atoms with Gasteiger partial charge in [-0.2, -0.15) is 0 Å². The van der Waals surface area contributed by atoms with Crippen LogP contribution in [0.2, 0.25) is 0 Å². The van der Waals surface area contributed by atoms with Crippen LogP contribution >= 0.6 is 0 Å². The Morgan fingerprint density at radius 1 is 1.16 bits per heavy atom. The summed E-state index contributed by atoms with van der Waals surface area (Å²) in [7, 11) is 0. The Kier molecular flexibility index (Phi) is 5.79. The molecule has 1 atom stereocenters. The second-order valence-corrected chi connectivity index (χ2v) is 6.49. The summed E-state index contributed by atoms with van der Waals surface area (Å²) in [5.41, 5.74) is 1.27. The second-order valence-electron chi connectivity index (χ2n) is 6.49. The molecule has 1 aliphatic heterocycles. The SMILES string of the molecule is O=C(NC1CCN(CC(O)c2cccc(F)c2)CC1)c1ccccc1. The van der Waals surface area contributed by atoms with E-state index < -0.39 is 6.10 Å². The van der Waals surface area contributed by atoms with E-state index in [9.17, 15) is 14.3 Å². The number of hydrogen-bond acceptors (Lipinski definition) is 3. The number of likely N-dealkylation sites (tertiary alicyclic amines) is 1. The molecule has 0 radical (unpaired) electrons. The van der Waals surface area contributed by atoms with Crippen LogP contribution in [0.25, 0.3) is 0 Å². The Hall–Kier alpha value is -2.24. The number of aliphatic hydroxyl groups excluding tert-OH is 1. The van der Waals surface area contributed by atoms with E-state index >= 15 is 0 Å². The van der Waals surface area contributed by atoms with E-state index in [0.29, 0.717) is 17.7 Å². The van der Waals surface area contributed by atoms with Crippen LogP contribution in [0.15, 0.2) is 54.6 Å². The van der Waals surface area contributed by atoms with Gasteiger partial charge in [0.05, 0.1) is 6.10 Å². The summed E-state index contributed by atoms with van der Waals surface area (Å²) in [5, 5.41) is 13.3. The number of carbonyl (C=O) groups is 1. The minimum Gasteiger partial charge on any atom is -0.387 e. The number of piperidine rings is 1. The Labute approximate surface area is 147 Å².